The number of hydrogen-bond donors (Lipinski definition) is 1. The number of hydrogen-bond acceptors (Lipinski definition) is 0. The summed E-state index contributed by atoms with van der Waals surface area (Å²) in [6.07, 6.45) is 6.78. The van der Waals surface area contributed by atoms with Gasteiger partial charge in [0.05, 0.1) is 5.52 Å². The number of para-hydroxylation sites is 2. The Hall–Kier alpha value is -1.76. The highest BCUT2D eigenvalue weighted by atomic mass is 14.7. The SMILES string of the molecule is CC1(c2cccc3c2[nH]c2ccccc23)CCCCC1. The molecule has 0 bridgehead atoms. The molecule has 0 amide bonds. The number of nitrogens with one attached hydrogen (secondary N) is 1. The van der Waals surface area contributed by atoms with E-state index in [1.165, 1.54) is 59.5 Å². The fourth-order valence-electron chi connectivity index (χ4n) is 3.98. The average Bonchev–Trinajstić information content (AvgIpc) is 2.86. The van der Waals surface area contributed by atoms with Crippen LogP contribution < -0.4 is 0 Å². The number of benzene rings is 2. The molecule has 0 atom stereocenters. The van der Waals surface area contributed by atoms with Gasteiger partial charge in [0.2, 0.25) is 0 Å². The molecule has 0 aliphatic heterocycles. The van der Waals surface area contributed by atoms with E-state index in [1.807, 2.05) is 0 Å². The highest BCUT2D eigenvalue weighted by molar-refractivity contribution is 6.08. The molecule has 0 unspecified atom stereocenters. The van der Waals surface area contributed by atoms with Gasteiger partial charge in [0.25, 0.3) is 0 Å². The van der Waals surface area contributed by atoms with Crippen molar-refractivity contribution in [3.8, 4) is 0 Å². The van der Waals surface area contributed by atoms with Gasteiger partial charge in [-0.25, -0.2) is 0 Å². The van der Waals surface area contributed by atoms with Crippen LogP contribution in [0.5, 0.6) is 0 Å². The molecule has 0 radical (unpaired) electrons. The Kier molecular flexibility index (Phi) is 2.63. The van der Waals surface area contributed by atoms with E-state index >= 15 is 0 Å². The second-order valence-corrected chi connectivity index (χ2v) is 6.52. The zero-order valence-electron chi connectivity index (χ0n) is 12.1. The number of aromatic amines is 1. The first kappa shape index (κ1) is 12.0. The van der Waals surface area contributed by atoms with Gasteiger partial charge in [-0.1, -0.05) is 62.6 Å². The Morgan fingerprint density at radius 1 is 0.850 bits per heavy atom. The highest BCUT2D eigenvalue weighted by Gasteiger charge is 2.30. The van der Waals surface area contributed by atoms with Crippen LogP contribution in [0.3, 0.4) is 0 Å². The third kappa shape index (κ3) is 1.69. The molecule has 1 heteroatoms. The molecule has 1 aliphatic carbocycles. The number of fused-ring (bicyclic) bond motifs is 3. The summed E-state index contributed by atoms with van der Waals surface area (Å²) in [4.78, 5) is 3.67. The Bertz CT molecular complexity index is 760. The summed E-state index contributed by atoms with van der Waals surface area (Å²) < 4.78 is 0. The van der Waals surface area contributed by atoms with Crippen molar-refractivity contribution in [2.75, 3.05) is 0 Å². The van der Waals surface area contributed by atoms with Gasteiger partial charge < -0.3 is 4.98 Å². The minimum absolute atomic E-state index is 0.346. The monoisotopic (exact) mass is 263 g/mol. The maximum Gasteiger partial charge on any atom is 0.0503 e. The predicted molar refractivity (Wildman–Crippen MR) is 86.2 cm³/mol. The lowest BCUT2D eigenvalue weighted by atomic mass is 9.70. The maximum atomic E-state index is 3.67. The van der Waals surface area contributed by atoms with Crippen molar-refractivity contribution in [1.82, 2.24) is 4.98 Å². The van der Waals surface area contributed by atoms with Crippen LogP contribution in [0, 0.1) is 0 Å². The maximum absolute atomic E-state index is 3.67. The van der Waals surface area contributed by atoms with Crippen molar-refractivity contribution >= 4 is 21.8 Å². The summed E-state index contributed by atoms with van der Waals surface area (Å²) in [5, 5.41) is 2.73. The van der Waals surface area contributed by atoms with E-state index in [0.29, 0.717) is 5.41 Å². The quantitative estimate of drug-likeness (QED) is 0.593. The van der Waals surface area contributed by atoms with Gasteiger partial charge >= 0.3 is 0 Å². The molecule has 1 nitrogen and oxygen atoms in total. The molecule has 1 aliphatic rings. The third-order valence-electron chi connectivity index (χ3n) is 5.15. The largest absolute Gasteiger partial charge is 0.354 e. The summed E-state index contributed by atoms with van der Waals surface area (Å²) >= 11 is 0. The molecule has 1 saturated carbocycles. The fourth-order valence-corrected chi connectivity index (χ4v) is 3.98. The van der Waals surface area contributed by atoms with E-state index in [4.69, 9.17) is 0 Å². The molecular weight excluding hydrogens is 242 g/mol. The number of aromatic nitrogens is 1. The molecular formula is C19H21N. The molecule has 2 aromatic carbocycles. The first-order valence-corrected chi connectivity index (χ1v) is 7.78. The second kappa shape index (κ2) is 4.37. The predicted octanol–water partition coefficient (Wildman–Crippen LogP) is 5.54. The standard InChI is InChI=1S/C19H21N/c1-19(12-5-2-6-13-19)16-10-7-9-15-14-8-3-4-11-17(14)20-18(15)16/h3-4,7-11,20H,2,5-6,12-13H2,1H3. The first-order chi connectivity index (χ1) is 9.78. The molecule has 1 N–H and O–H groups in total. The molecule has 1 fully saturated rings. The van der Waals surface area contributed by atoms with Crippen molar-refractivity contribution in [1.29, 1.82) is 0 Å². The molecule has 1 heterocycles. The van der Waals surface area contributed by atoms with E-state index in [2.05, 4.69) is 54.4 Å². The smallest absolute Gasteiger partial charge is 0.0503 e. The van der Waals surface area contributed by atoms with Crippen LogP contribution in [0.25, 0.3) is 21.8 Å². The van der Waals surface area contributed by atoms with E-state index in [9.17, 15) is 0 Å². The molecule has 20 heavy (non-hydrogen) atoms. The molecule has 0 spiro atoms. The molecule has 1 aromatic heterocycles. The molecule has 4 rings (SSSR count). The Balaban J connectivity index is 2.00. The average molecular weight is 263 g/mol. The first-order valence-electron chi connectivity index (χ1n) is 7.78. The van der Waals surface area contributed by atoms with Gasteiger partial charge in [0, 0.05) is 16.3 Å². The summed E-state index contributed by atoms with van der Waals surface area (Å²) in [7, 11) is 0. The summed E-state index contributed by atoms with van der Waals surface area (Å²) in [6.45, 7) is 2.45. The van der Waals surface area contributed by atoms with Crippen molar-refractivity contribution in [2.45, 2.75) is 44.4 Å². The lowest BCUT2D eigenvalue weighted by Crippen LogP contribution is -2.25. The minimum atomic E-state index is 0.346. The van der Waals surface area contributed by atoms with Crippen molar-refractivity contribution in [2.24, 2.45) is 0 Å². The molecule has 0 saturated heterocycles. The summed E-state index contributed by atoms with van der Waals surface area (Å²) in [5.74, 6) is 0. The van der Waals surface area contributed by atoms with Crippen LogP contribution in [0.15, 0.2) is 42.5 Å². The van der Waals surface area contributed by atoms with Crippen LogP contribution in [-0.2, 0) is 5.41 Å². The molecule has 102 valence electrons. The van der Waals surface area contributed by atoms with Gasteiger partial charge in [-0.05, 0) is 29.9 Å². The zero-order chi connectivity index (χ0) is 13.6. The van der Waals surface area contributed by atoms with E-state index in [-0.39, 0.29) is 0 Å². The van der Waals surface area contributed by atoms with Crippen LogP contribution >= 0.6 is 0 Å². The highest BCUT2D eigenvalue weighted by Crippen LogP contribution is 2.42. The number of H-pyrrole nitrogens is 1. The van der Waals surface area contributed by atoms with Crippen molar-refractivity contribution in [3.05, 3.63) is 48.0 Å². The van der Waals surface area contributed by atoms with E-state index in [1.54, 1.807) is 0 Å². The van der Waals surface area contributed by atoms with Crippen molar-refractivity contribution < 1.29 is 0 Å². The van der Waals surface area contributed by atoms with Gasteiger partial charge in [0.15, 0.2) is 0 Å². The van der Waals surface area contributed by atoms with E-state index in [0.717, 1.165) is 0 Å². The lowest BCUT2D eigenvalue weighted by molar-refractivity contribution is 0.321. The normalized spacial score (nSPS) is 18.6. The zero-order valence-corrected chi connectivity index (χ0v) is 12.1. The lowest BCUT2D eigenvalue weighted by Gasteiger charge is -2.34. The van der Waals surface area contributed by atoms with Gasteiger partial charge in [0.1, 0.15) is 0 Å². The Morgan fingerprint density at radius 2 is 1.60 bits per heavy atom. The van der Waals surface area contributed by atoms with Crippen LogP contribution in [0.4, 0.5) is 0 Å². The molecule has 3 aromatic rings. The van der Waals surface area contributed by atoms with Gasteiger partial charge in [-0.3, -0.25) is 0 Å². The third-order valence-corrected chi connectivity index (χ3v) is 5.15. The Morgan fingerprint density at radius 3 is 2.45 bits per heavy atom. The fraction of sp³-hybridized carbons (Fsp3) is 0.368. The van der Waals surface area contributed by atoms with Crippen LogP contribution in [-0.4, -0.2) is 4.98 Å². The number of rotatable bonds is 1. The Labute approximate surface area is 120 Å². The topological polar surface area (TPSA) is 15.8 Å². The van der Waals surface area contributed by atoms with Gasteiger partial charge in [-0.15, -0.1) is 0 Å². The van der Waals surface area contributed by atoms with Crippen molar-refractivity contribution in [3.63, 3.8) is 0 Å². The van der Waals surface area contributed by atoms with Crippen LogP contribution in [0.1, 0.15) is 44.6 Å². The van der Waals surface area contributed by atoms with Crippen LogP contribution in [0.2, 0.25) is 0 Å². The summed E-state index contributed by atoms with van der Waals surface area (Å²) in [5.41, 5.74) is 4.48. The van der Waals surface area contributed by atoms with Gasteiger partial charge in [-0.2, -0.15) is 0 Å². The minimum Gasteiger partial charge on any atom is -0.354 e. The summed E-state index contributed by atoms with van der Waals surface area (Å²) in [6, 6.07) is 15.5. The van der Waals surface area contributed by atoms with E-state index < -0.39 is 0 Å². The second-order valence-electron chi connectivity index (χ2n) is 6.52.